The van der Waals surface area contributed by atoms with Crippen molar-refractivity contribution in [2.24, 2.45) is 0 Å². The van der Waals surface area contributed by atoms with Crippen molar-refractivity contribution in [3.63, 3.8) is 0 Å². The number of esters is 2. The summed E-state index contributed by atoms with van der Waals surface area (Å²) in [5.74, 6) is -0.992. The summed E-state index contributed by atoms with van der Waals surface area (Å²) in [4.78, 5) is 22.8. The molecule has 98 valence electrons. The van der Waals surface area contributed by atoms with Gasteiger partial charge in [0.05, 0.1) is 14.2 Å². The highest BCUT2D eigenvalue weighted by atomic mass is 16.6. The second-order valence-corrected chi connectivity index (χ2v) is 3.50. The molecular formula is C12H15NO5. The average Bonchev–Trinajstić information content (AvgIpc) is 2.37. The minimum absolute atomic E-state index is 0.0933. The maximum atomic E-state index is 11.6. The quantitative estimate of drug-likeness (QED) is 0.636. The molecule has 1 unspecified atom stereocenters. The normalized spacial score (nSPS) is 11.5. The zero-order valence-corrected chi connectivity index (χ0v) is 10.4. The van der Waals surface area contributed by atoms with Crippen molar-refractivity contribution in [1.82, 2.24) is 0 Å². The van der Waals surface area contributed by atoms with Crippen LogP contribution < -0.4 is 10.5 Å². The molecule has 0 aromatic heterocycles. The SMILES string of the molecule is COC(=O)c1c(N)cccc1OC(C)C(=O)OC. The predicted octanol–water partition coefficient (Wildman–Crippen LogP) is 0.996. The number of methoxy groups -OCH3 is 2. The van der Waals surface area contributed by atoms with Crippen LogP contribution in [0.3, 0.4) is 0 Å². The van der Waals surface area contributed by atoms with E-state index in [-0.39, 0.29) is 17.0 Å². The highest BCUT2D eigenvalue weighted by Crippen LogP contribution is 2.26. The van der Waals surface area contributed by atoms with Crippen molar-refractivity contribution in [1.29, 1.82) is 0 Å². The van der Waals surface area contributed by atoms with Crippen molar-refractivity contribution in [2.75, 3.05) is 20.0 Å². The molecule has 0 spiro atoms. The average molecular weight is 253 g/mol. The van der Waals surface area contributed by atoms with Crippen LogP contribution in [0.2, 0.25) is 0 Å². The fraction of sp³-hybridized carbons (Fsp3) is 0.333. The summed E-state index contributed by atoms with van der Waals surface area (Å²) in [5, 5.41) is 0. The zero-order chi connectivity index (χ0) is 13.7. The van der Waals surface area contributed by atoms with Crippen LogP contribution in [-0.4, -0.2) is 32.3 Å². The number of anilines is 1. The first kappa shape index (κ1) is 13.8. The summed E-state index contributed by atoms with van der Waals surface area (Å²) < 4.78 is 14.5. The molecule has 6 nitrogen and oxygen atoms in total. The van der Waals surface area contributed by atoms with E-state index in [1.807, 2.05) is 0 Å². The van der Waals surface area contributed by atoms with Crippen molar-refractivity contribution in [3.05, 3.63) is 23.8 Å². The molecule has 1 aromatic rings. The molecule has 0 aliphatic rings. The topological polar surface area (TPSA) is 87.9 Å². The zero-order valence-electron chi connectivity index (χ0n) is 10.4. The highest BCUT2D eigenvalue weighted by molar-refractivity contribution is 5.98. The van der Waals surface area contributed by atoms with Gasteiger partial charge in [-0.15, -0.1) is 0 Å². The summed E-state index contributed by atoms with van der Waals surface area (Å²) in [5.41, 5.74) is 6.00. The molecule has 0 heterocycles. The molecular weight excluding hydrogens is 238 g/mol. The number of nitrogen functional groups attached to an aromatic ring is 1. The van der Waals surface area contributed by atoms with Crippen LogP contribution in [0.4, 0.5) is 5.69 Å². The van der Waals surface area contributed by atoms with Gasteiger partial charge >= 0.3 is 11.9 Å². The molecule has 0 aliphatic heterocycles. The maximum Gasteiger partial charge on any atom is 0.346 e. The second-order valence-electron chi connectivity index (χ2n) is 3.50. The molecule has 0 amide bonds. The molecule has 18 heavy (non-hydrogen) atoms. The Balaban J connectivity index is 3.05. The number of rotatable bonds is 4. The summed E-state index contributed by atoms with van der Waals surface area (Å²) in [7, 11) is 2.49. The largest absolute Gasteiger partial charge is 0.478 e. The summed E-state index contributed by atoms with van der Waals surface area (Å²) in [6.45, 7) is 1.51. The third-order valence-electron chi connectivity index (χ3n) is 2.28. The van der Waals surface area contributed by atoms with Gasteiger partial charge in [-0.2, -0.15) is 0 Å². The van der Waals surface area contributed by atoms with E-state index < -0.39 is 18.0 Å². The molecule has 1 atom stereocenters. The van der Waals surface area contributed by atoms with Gasteiger partial charge in [0.15, 0.2) is 6.10 Å². The molecule has 1 aromatic carbocycles. The van der Waals surface area contributed by atoms with Crippen LogP contribution >= 0.6 is 0 Å². The molecule has 2 N–H and O–H groups in total. The number of nitrogens with two attached hydrogens (primary N) is 1. The van der Waals surface area contributed by atoms with Crippen LogP contribution in [-0.2, 0) is 14.3 Å². The molecule has 6 heteroatoms. The predicted molar refractivity (Wildman–Crippen MR) is 64.3 cm³/mol. The first-order valence-corrected chi connectivity index (χ1v) is 5.22. The van der Waals surface area contributed by atoms with Crippen LogP contribution in [0.25, 0.3) is 0 Å². The first-order valence-electron chi connectivity index (χ1n) is 5.22. The van der Waals surface area contributed by atoms with Gasteiger partial charge in [-0.25, -0.2) is 9.59 Å². The lowest BCUT2D eigenvalue weighted by Gasteiger charge is -2.15. The van der Waals surface area contributed by atoms with Crippen LogP contribution in [0.1, 0.15) is 17.3 Å². The van der Waals surface area contributed by atoms with Gasteiger partial charge in [0.1, 0.15) is 11.3 Å². The number of hydrogen-bond acceptors (Lipinski definition) is 6. The van der Waals surface area contributed by atoms with Gasteiger partial charge < -0.3 is 19.9 Å². The number of carbonyl (C=O) groups excluding carboxylic acids is 2. The van der Waals surface area contributed by atoms with E-state index in [2.05, 4.69) is 9.47 Å². The summed E-state index contributed by atoms with van der Waals surface area (Å²) in [6.07, 6.45) is -0.847. The highest BCUT2D eigenvalue weighted by Gasteiger charge is 2.21. The molecule has 0 saturated heterocycles. The Morgan fingerprint density at radius 1 is 1.22 bits per heavy atom. The third kappa shape index (κ3) is 2.91. The van der Waals surface area contributed by atoms with Crippen molar-refractivity contribution in [2.45, 2.75) is 13.0 Å². The maximum absolute atomic E-state index is 11.6. The smallest absolute Gasteiger partial charge is 0.346 e. The molecule has 0 saturated carbocycles. The Kier molecular flexibility index (Phi) is 4.53. The molecule has 0 radical (unpaired) electrons. The number of carbonyl (C=O) groups is 2. The van der Waals surface area contributed by atoms with Gasteiger partial charge in [0.2, 0.25) is 0 Å². The van der Waals surface area contributed by atoms with Crippen molar-refractivity contribution < 1.29 is 23.8 Å². The van der Waals surface area contributed by atoms with Crippen LogP contribution in [0.15, 0.2) is 18.2 Å². The van der Waals surface area contributed by atoms with Gasteiger partial charge in [-0.05, 0) is 19.1 Å². The Morgan fingerprint density at radius 3 is 2.44 bits per heavy atom. The fourth-order valence-corrected chi connectivity index (χ4v) is 1.37. The van der Waals surface area contributed by atoms with E-state index in [1.54, 1.807) is 12.1 Å². The van der Waals surface area contributed by atoms with Gasteiger partial charge in [0.25, 0.3) is 0 Å². The van der Waals surface area contributed by atoms with Gasteiger partial charge in [-0.1, -0.05) is 6.07 Å². The monoisotopic (exact) mass is 253 g/mol. The fourth-order valence-electron chi connectivity index (χ4n) is 1.37. The van der Waals surface area contributed by atoms with E-state index in [1.165, 1.54) is 27.2 Å². The van der Waals surface area contributed by atoms with E-state index in [0.29, 0.717) is 0 Å². The Hall–Kier alpha value is -2.24. The van der Waals surface area contributed by atoms with Crippen LogP contribution in [0, 0.1) is 0 Å². The second kappa shape index (κ2) is 5.90. The Labute approximate surface area is 105 Å². The molecule has 1 rings (SSSR count). The van der Waals surface area contributed by atoms with Crippen molar-refractivity contribution in [3.8, 4) is 5.75 Å². The lowest BCUT2D eigenvalue weighted by atomic mass is 10.1. The summed E-state index contributed by atoms with van der Waals surface area (Å²) in [6, 6.07) is 4.69. The van der Waals surface area contributed by atoms with E-state index in [9.17, 15) is 9.59 Å². The van der Waals surface area contributed by atoms with E-state index in [4.69, 9.17) is 10.5 Å². The third-order valence-corrected chi connectivity index (χ3v) is 2.28. The molecule has 0 fully saturated rings. The minimum atomic E-state index is -0.847. The Morgan fingerprint density at radius 2 is 1.89 bits per heavy atom. The lowest BCUT2D eigenvalue weighted by molar-refractivity contribution is -0.147. The van der Waals surface area contributed by atoms with Gasteiger partial charge in [-0.3, -0.25) is 0 Å². The Bertz CT molecular complexity index is 458. The number of benzene rings is 1. The van der Waals surface area contributed by atoms with Crippen LogP contribution in [0.5, 0.6) is 5.75 Å². The molecule has 0 bridgehead atoms. The first-order chi connectivity index (χ1) is 8.51. The minimum Gasteiger partial charge on any atom is -0.478 e. The van der Waals surface area contributed by atoms with E-state index >= 15 is 0 Å². The van der Waals surface area contributed by atoms with Gasteiger partial charge in [0, 0.05) is 5.69 Å². The lowest BCUT2D eigenvalue weighted by Crippen LogP contribution is -2.26. The summed E-state index contributed by atoms with van der Waals surface area (Å²) >= 11 is 0. The number of hydrogen-bond donors (Lipinski definition) is 1. The number of ether oxygens (including phenoxy) is 3. The standard InChI is InChI=1S/C12H15NO5/c1-7(11(14)16-2)18-9-6-4-5-8(13)10(9)12(15)17-3/h4-7H,13H2,1-3H3. The van der Waals surface area contributed by atoms with E-state index in [0.717, 1.165) is 0 Å². The molecule has 0 aliphatic carbocycles. The van der Waals surface area contributed by atoms with Crippen molar-refractivity contribution >= 4 is 17.6 Å².